The van der Waals surface area contributed by atoms with Gasteiger partial charge in [-0.15, -0.1) is 0 Å². The molecule has 48 heavy (non-hydrogen) atoms. The molecule has 1 unspecified atom stereocenters. The van der Waals surface area contributed by atoms with Crippen LogP contribution >= 0.6 is 11.6 Å². The number of pyridine rings is 2. The van der Waals surface area contributed by atoms with Crippen molar-refractivity contribution < 1.29 is 23.8 Å². The molecule has 0 saturated carbocycles. The molecule has 0 aliphatic carbocycles. The maximum atomic E-state index is 14.3. The standard InChI is InChI=1S/C35H41ClN6O6/c1-20(2)28-30(21(3)13-14-37-28)42-32-25(17-26(36)29(38-32)24-11-9-10-12-27(24)46-8)31(39-33(42)44)40-15-16-41(34(45)48-35(5,6)7)23(18-40)19-47-22(4)43/h9-14,17,20,23H,15-16,18-19H2,1-8H3. The van der Waals surface area contributed by atoms with Gasteiger partial charge in [-0.1, -0.05) is 37.6 Å². The number of anilines is 1. The van der Waals surface area contributed by atoms with Gasteiger partial charge in [-0.3, -0.25) is 14.7 Å². The van der Waals surface area contributed by atoms with Gasteiger partial charge in [0, 0.05) is 38.3 Å². The first kappa shape index (κ1) is 34.6. The molecule has 4 heterocycles. The Kier molecular flexibility index (Phi) is 9.95. The van der Waals surface area contributed by atoms with Gasteiger partial charge >= 0.3 is 17.8 Å². The summed E-state index contributed by atoms with van der Waals surface area (Å²) in [5.74, 6) is 0.429. The molecule has 12 nitrogen and oxygen atoms in total. The third-order valence-electron chi connectivity index (χ3n) is 7.98. The van der Waals surface area contributed by atoms with E-state index >= 15 is 0 Å². The number of fused-ring (bicyclic) bond motifs is 1. The maximum Gasteiger partial charge on any atom is 0.410 e. The van der Waals surface area contributed by atoms with Crippen molar-refractivity contribution in [3.8, 4) is 22.7 Å². The molecule has 4 aromatic rings. The number of benzene rings is 1. The van der Waals surface area contributed by atoms with E-state index in [4.69, 9.17) is 30.8 Å². The zero-order valence-electron chi connectivity index (χ0n) is 28.5. The molecule has 0 spiro atoms. The van der Waals surface area contributed by atoms with Crippen molar-refractivity contribution in [3.05, 3.63) is 69.4 Å². The maximum absolute atomic E-state index is 14.3. The monoisotopic (exact) mass is 676 g/mol. The van der Waals surface area contributed by atoms with Crippen LogP contribution in [-0.2, 0) is 14.3 Å². The highest BCUT2D eigenvalue weighted by Crippen LogP contribution is 2.38. The van der Waals surface area contributed by atoms with Gasteiger partial charge in [-0.25, -0.2) is 19.1 Å². The number of carbonyl (C=O) groups is 2. The molecule has 254 valence electrons. The summed E-state index contributed by atoms with van der Waals surface area (Å²) >= 11 is 6.98. The number of amides is 1. The number of hydrogen-bond donors (Lipinski definition) is 0. The Balaban J connectivity index is 1.73. The predicted octanol–water partition coefficient (Wildman–Crippen LogP) is 5.93. The molecule has 1 atom stereocenters. The Bertz CT molecular complexity index is 1920. The molecular weight excluding hydrogens is 636 g/mol. The lowest BCUT2D eigenvalue weighted by Gasteiger charge is -2.42. The average molecular weight is 677 g/mol. The Hall–Kier alpha value is -4.71. The number of para-hydroxylation sites is 1. The molecule has 0 radical (unpaired) electrons. The quantitative estimate of drug-likeness (QED) is 0.217. The van der Waals surface area contributed by atoms with Crippen molar-refractivity contribution in [2.75, 3.05) is 38.3 Å². The lowest BCUT2D eigenvalue weighted by molar-refractivity contribution is -0.142. The number of aryl methyl sites for hydroxylation is 1. The van der Waals surface area contributed by atoms with E-state index in [0.29, 0.717) is 51.1 Å². The van der Waals surface area contributed by atoms with Crippen molar-refractivity contribution in [1.29, 1.82) is 0 Å². The smallest absolute Gasteiger partial charge is 0.410 e. The van der Waals surface area contributed by atoms with E-state index < -0.39 is 29.4 Å². The second-order valence-electron chi connectivity index (χ2n) is 13.0. The molecule has 0 bridgehead atoms. The molecule has 3 aromatic heterocycles. The van der Waals surface area contributed by atoms with Gasteiger partial charge in [0.1, 0.15) is 23.8 Å². The molecule has 1 aliphatic rings. The number of methoxy groups -OCH3 is 1. The average Bonchev–Trinajstić information content (AvgIpc) is 3.02. The number of esters is 1. The third-order valence-corrected chi connectivity index (χ3v) is 8.27. The van der Waals surface area contributed by atoms with Crippen LogP contribution in [-0.4, -0.2) is 81.5 Å². The largest absolute Gasteiger partial charge is 0.496 e. The van der Waals surface area contributed by atoms with E-state index in [9.17, 15) is 14.4 Å². The normalized spacial score (nSPS) is 15.2. The van der Waals surface area contributed by atoms with Crippen LogP contribution in [0.15, 0.2) is 47.4 Å². The highest BCUT2D eigenvalue weighted by molar-refractivity contribution is 6.34. The van der Waals surface area contributed by atoms with Gasteiger partial charge in [0.15, 0.2) is 5.65 Å². The topological polar surface area (TPSA) is 129 Å². The number of piperazine rings is 1. The fraction of sp³-hybridized carbons (Fsp3) is 0.429. The summed E-state index contributed by atoms with van der Waals surface area (Å²) in [5, 5.41) is 0.851. The minimum absolute atomic E-state index is 0.00881. The predicted molar refractivity (Wildman–Crippen MR) is 184 cm³/mol. The molecule has 1 fully saturated rings. The Morgan fingerprint density at radius 2 is 1.83 bits per heavy atom. The van der Waals surface area contributed by atoms with E-state index in [1.54, 1.807) is 45.0 Å². The Morgan fingerprint density at radius 3 is 2.50 bits per heavy atom. The lowest BCUT2D eigenvalue weighted by Crippen LogP contribution is -2.58. The molecule has 1 aliphatic heterocycles. The van der Waals surface area contributed by atoms with Crippen LogP contribution in [0.3, 0.4) is 0 Å². The summed E-state index contributed by atoms with van der Waals surface area (Å²) in [7, 11) is 1.57. The van der Waals surface area contributed by atoms with Crippen LogP contribution in [0.2, 0.25) is 5.02 Å². The SMILES string of the molecule is COc1ccccc1-c1nc2c(cc1Cl)c(N1CCN(C(=O)OC(C)(C)C)C(COC(C)=O)C1)nc(=O)n2-c1c(C)ccnc1C(C)C. The summed E-state index contributed by atoms with van der Waals surface area (Å²) in [6.07, 6.45) is 1.20. The van der Waals surface area contributed by atoms with E-state index in [1.807, 2.05) is 56.0 Å². The van der Waals surface area contributed by atoms with E-state index in [2.05, 4.69) is 9.97 Å². The van der Waals surface area contributed by atoms with Gasteiger partial charge < -0.3 is 19.1 Å². The van der Waals surface area contributed by atoms with Crippen LogP contribution in [0.5, 0.6) is 5.75 Å². The number of nitrogens with zero attached hydrogens (tertiary/aromatic N) is 6. The zero-order chi connectivity index (χ0) is 34.9. The van der Waals surface area contributed by atoms with E-state index in [-0.39, 0.29) is 25.6 Å². The zero-order valence-corrected chi connectivity index (χ0v) is 29.3. The van der Waals surface area contributed by atoms with Crippen LogP contribution in [0.4, 0.5) is 10.6 Å². The van der Waals surface area contributed by atoms with Gasteiger partial charge in [0.25, 0.3) is 0 Å². The lowest BCUT2D eigenvalue weighted by atomic mass is 10.0. The highest BCUT2D eigenvalue weighted by atomic mass is 35.5. The van der Waals surface area contributed by atoms with E-state index in [1.165, 1.54) is 11.5 Å². The first-order chi connectivity index (χ1) is 22.7. The number of halogens is 1. The minimum atomic E-state index is -0.719. The van der Waals surface area contributed by atoms with Gasteiger partial charge in [-0.2, -0.15) is 4.98 Å². The van der Waals surface area contributed by atoms with Crippen molar-refractivity contribution in [3.63, 3.8) is 0 Å². The van der Waals surface area contributed by atoms with Crippen molar-refractivity contribution in [2.24, 2.45) is 0 Å². The first-order valence-electron chi connectivity index (χ1n) is 15.8. The number of aromatic nitrogens is 4. The van der Waals surface area contributed by atoms with Crippen LogP contribution in [0.25, 0.3) is 28.0 Å². The molecule has 0 N–H and O–H groups in total. The molecule has 5 rings (SSSR count). The fourth-order valence-corrected chi connectivity index (χ4v) is 6.08. The van der Waals surface area contributed by atoms with Crippen LogP contribution in [0.1, 0.15) is 58.7 Å². The number of carbonyl (C=O) groups excluding carboxylic acids is 2. The van der Waals surface area contributed by atoms with Gasteiger partial charge in [0.2, 0.25) is 0 Å². The number of rotatable bonds is 7. The molecule has 1 saturated heterocycles. The van der Waals surface area contributed by atoms with Crippen LogP contribution in [0, 0.1) is 6.92 Å². The number of ether oxygens (including phenoxy) is 3. The Labute approximate surface area is 284 Å². The highest BCUT2D eigenvalue weighted by Gasteiger charge is 2.36. The molecule has 1 amide bonds. The summed E-state index contributed by atoms with van der Waals surface area (Å²) in [4.78, 5) is 57.0. The summed E-state index contributed by atoms with van der Waals surface area (Å²) in [5.41, 5.74) is 2.30. The van der Waals surface area contributed by atoms with Crippen molar-refractivity contribution >= 4 is 40.5 Å². The molecular formula is C35H41ClN6O6. The molecule has 1 aromatic carbocycles. The summed E-state index contributed by atoms with van der Waals surface area (Å²) < 4.78 is 18.1. The first-order valence-corrected chi connectivity index (χ1v) is 16.2. The van der Waals surface area contributed by atoms with E-state index in [0.717, 1.165) is 11.3 Å². The summed E-state index contributed by atoms with van der Waals surface area (Å²) in [6.45, 7) is 13.3. The van der Waals surface area contributed by atoms with Crippen LogP contribution < -0.4 is 15.3 Å². The second-order valence-corrected chi connectivity index (χ2v) is 13.4. The Morgan fingerprint density at radius 1 is 1.10 bits per heavy atom. The minimum Gasteiger partial charge on any atom is -0.496 e. The van der Waals surface area contributed by atoms with Gasteiger partial charge in [0.05, 0.1) is 40.6 Å². The fourth-order valence-electron chi connectivity index (χ4n) is 5.83. The van der Waals surface area contributed by atoms with Gasteiger partial charge in [-0.05, 0) is 63.4 Å². The van der Waals surface area contributed by atoms with Crippen molar-refractivity contribution in [2.45, 2.75) is 66.0 Å². The van der Waals surface area contributed by atoms with Crippen molar-refractivity contribution in [1.82, 2.24) is 24.4 Å². The third kappa shape index (κ3) is 7.08. The second kappa shape index (κ2) is 13.8. The number of hydrogen-bond acceptors (Lipinski definition) is 10. The summed E-state index contributed by atoms with van der Waals surface area (Å²) in [6, 6.07) is 10.4. The molecule has 13 heteroatoms.